The first-order valence-electron chi connectivity index (χ1n) is 4.60. The van der Waals surface area contributed by atoms with Gasteiger partial charge in [-0.3, -0.25) is 9.68 Å². The van der Waals surface area contributed by atoms with Crippen molar-refractivity contribution in [2.75, 3.05) is 13.2 Å². The van der Waals surface area contributed by atoms with Crippen LogP contribution in [-0.2, 0) is 19.4 Å². The molecule has 0 aromatic rings. The van der Waals surface area contributed by atoms with Crippen molar-refractivity contribution in [3.05, 3.63) is 0 Å². The Bertz CT molecular complexity index is 273. The maximum Gasteiger partial charge on any atom is 0.350 e. The lowest BCUT2D eigenvalue weighted by atomic mass is 9.96. The average Bonchev–Trinajstić information content (AvgIpc) is 2.17. The lowest BCUT2D eigenvalue weighted by molar-refractivity contribution is -0.286. The first-order chi connectivity index (χ1) is 7.13. The Morgan fingerprint density at radius 1 is 1.31 bits per heavy atom. The normalized spacial score (nSPS) is 15.3. The number of carboxylic acid groups (broad SMARTS) is 1. The summed E-state index contributed by atoms with van der Waals surface area (Å²) in [4.78, 5) is 30.6. The van der Waals surface area contributed by atoms with Crippen molar-refractivity contribution >= 4 is 11.9 Å². The van der Waals surface area contributed by atoms with E-state index in [-0.39, 0.29) is 0 Å². The zero-order valence-electron chi connectivity index (χ0n) is 9.52. The van der Waals surface area contributed by atoms with Crippen LogP contribution in [0.5, 0.6) is 0 Å². The number of nitrogens with two attached hydrogens (primary N) is 1. The van der Waals surface area contributed by atoms with Crippen LogP contribution >= 0.6 is 0 Å². The van der Waals surface area contributed by atoms with Crippen LogP contribution in [0.25, 0.3) is 0 Å². The van der Waals surface area contributed by atoms with E-state index in [1.165, 1.54) is 20.8 Å². The predicted octanol–water partition coefficient (Wildman–Crippen LogP) is -0.718. The highest BCUT2D eigenvalue weighted by Crippen LogP contribution is 2.16. The molecule has 0 heterocycles. The molecule has 1 unspecified atom stereocenters. The number of carbonyl (C=O) groups excluding carboxylic acids is 1. The molecule has 0 fully saturated rings. The van der Waals surface area contributed by atoms with Gasteiger partial charge in [0, 0.05) is 0 Å². The highest BCUT2D eigenvalue weighted by atomic mass is 17.2. The maximum atomic E-state index is 11.3. The Labute approximate surface area is 93.1 Å². The Balaban J connectivity index is 4.10. The SMILES string of the molecule is CC(C)(CO)C(=O)OOCC(C)(N)C(=O)O. The van der Waals surface area contributed by atoms with Crippen molar-refractivity contribution in [1.82, 2.24) is 0 Å². The second-order valence-electron chi connectivity index (χ2n) is 4.40. The summed E-state index contributed by atoms with van der Waals surface area (Å²) < 4.78 is 0. The number of aliphatic carboxylic acids is 1. The number of carboxylic acids is 1. The molecule has 0 rings (SSSR count). The molecule has 0 spiro atoms. The standard InChI is InChI=1S/C9H17NO6/c1-8(2,4-11)7(14)16-15-5-9(3,10)6(12)13/h11H,4-5,10H2,1-3H3,(H,12,13). The monoisotopic (exact) mass is 235 g/mol. The first-order valence-corrected chi connectivity index (χ1v) is 4.60. The van der Waals surface area contributed by atoms with Crippen molar-refractivity contribution in [2.24, 2.45) is 11.1 Å². The molecule has 94 valence electrons. The summed E-state index contributed by atoms with van der Waals surface area (Å²) in [6, 6.07) is 0. The quantitative estimate of drug-likeness (QED) is 0.410. The lowest BCUT2D eigenvalue weighted by Gasteiger charge is -2.21. The zero-order valence-corrected chi connectivity index (χ0v) is 9.52. The van der Waals surface area contributed by atoms with Gasteiger partial charge in [-0.15, -0.1) is 0 Å². The van der Waals surface area contributed by atoms with E-state index in [1.807, 2.05) is 0 Å². The molecule has 7 heteroatoms. The molecule has 0 saturated heterocycles. The molecule has 0 aliphatic rings. The zero-order chi connectivity index (χ0) is 13.0. The van der Waals surface area contributed by atoms with Crippen molar-refractivity contribution in [2.45, 2.75) is 26.3 Å². The number of aliphatic hydroxyl groups excluding tert-OH is 1. The summed E-state index contributed by atoms with van der Waals surface area (Å²) >= 11 is 0. The van der Waals surface area contributed by atoms with E-state index in [9.17, 15) is 9.59 Å². The Morgan fingerprint density at radius 2 is 1.81 bits per heavy atom. The molecular formula is C9H17NO6. The van der Waals surface area contributed by atoms with Crippen LogP contribution in [0.2, 0.25) is 0 Å². The van der Waals surface area contributed by atoms with Crippen LogP contribution in [0.4, 0.5) is 0 Å². The number of carbonyl (C=O) groups is 2. The van der Waals surface area contributed by atoms with E-state index in [0.717, 1.165) is 0 Å². The van der Waals surface area contributed by atoms with Gasteiger partial charge >= 0.3 is 11.9 Å². The van der Waals surface area contributed by atoms with Crippen LogP contribution in [0.15, 0.2) is 0 Å². The van der Waals surface area contributed by atoms with Gasteiger partial charge in [0.05, 0.1) is 12.0 Å². The number of hydrogen-bond donors (Lipinski definition) is 3. The molecule has 0 bridgehead atoms. The highest BCUT2D eigenvalue weighted by molar-refractivity contribution is 5.78. The van der Waals surface area contributed by atoms with Gasteiger partial charge in [-0.2, -0.15) is 4.89 Å². The largest absolute Gasteiger partial charge is 0.480 e. The molecule has 0 saturated carbocycles. The molecule has 0 aliphatic heterocycles. The van der Waals surface area contributed by atoms with Gasteiger partial charge in [0.1, 0.15) is 12.1 Å². The van der Waals surface area contributed by atoms with Gasteiger partial charge in [0.15, 0.2) is 0 Å². The predicted molar refractivity (Wildman–Crippen MR) is 53.1 cm³/mol. The molecular weight excluding hydrogens is 218 g/mol. The molecule has 16 heavy (non-hydrogen) atoms. The molecule has 0 radical (unpaired) electrons. The maximum absolute atomic E-state index is 11.3. The summed E-state index contributed by atoms with van der Waals surface area (Å²) in [6.07, 6.45) is 0. The van der Waals surface area contributed by atoms with E-state index < -0.39 is 36.1 Å². The molecule has 0 amide bonds. The van der Waals surface area contributed by atoms with Crippen LogP contribution in [0.3, 0.4) is 0 Å². The fourth-order valence-corrected chi connectivity index (χ4v) is 0.444. The number of rotatable bonds is 6. The summed E-state index contributed by atoms with van der Waals surface area (Å²) in [5, 5.41) is 17.5. The van der Waals surface area contributed by atoms with Gasteiger partial charge in [-0.25, -0.2) is 4.79 Å². The van der Waals surface area contributed by atoms with E-state index in [4.69, 9.17) is 15.9 Å². The third-order valence-corrected chi connectivity index (χ3v) is 1.93. The van der Waals surface area contributed by atoms with E-state index in [1.54, 1.807) is 0 Å². The fourth-order valence-electron chi connectivity index (χ4n) is 0.444. The van der Waals surface area contributed by atoms with Crippen LogP contribution in [0.1, 0.15) is 20.8 Å². The molecule has 0 aromatic carbocycles. The Morgan fingerprint density at radius 3 is 2.19 bits per heavy atom. The second kappa shape index (κ2) is 5.24. The lowest BCUT2D eigenvalue weighted by Crippen LogP contribution is -2.49. The van der Waals surface area contributed by atoms with Gasteiger partial charge in [0.25, 0.3) is 0 Å². The van der Waals surface area contributed by atoms with Gasteiger partial charge in [0.2, 0.25) is 0 Å². The van der Waals surface area contributed by atoms with E-state index in [2.05, 4.69) is 9.78 Å². The van der Waals surface area contributed by atoms with Gasteiger partial charge < -0.3 is 15.9 Å². The number of aliphatic hydroxyl groups is 1. The van der Waals surface area contributed by atoms with Crippen molar-refractivity contribution in [1.29, 1.82) is 0 Å². The Hall–Kier alpha value is -1.18. The van der Waals surface area contributed by atoms with Gasteiger partial charge in [-0.1, -0.05) is 0 Å². The minimum Gasteiger partial charge on any atom is -0.480 e. The fraction of sp³-hybridized carbons (Fsp3) is 0.778. The van der Waals surface area contributed by atoms with E-state index >= 15 is 0 Å². The molecule has 4 N–H and O–H groups in total. The van der Waals surface area contributed by atoms with E-state index in [0.29, 0.717) is 0 Å². The third-order valence-electron chi connectivity index (χ3n) is 1.93. The summed E-state index contributed by atoms with van der Waals surface area (Å²) in [5.41, 5.74) is 2.58. The smallest absolute Gasteiger partial charge is 0.350 e. The summed E-state index contributed by atoms with van der Waals surface area (Å²) in [7, 11) is 0. The molecule has 7 nitrogen and oxygen atoms in total. The second-order valence-corrected chi connectivity index (χ2v) is 4.40. The molecule has 0 aromatic heterocycles. The van der Waals surface area contributed by atoms with Crippen molar-refractivity contribution < 1.29 is 29.6 Å². The van der Waals surface area contributed by atoms with Gasteiger partial charge in [-0.05, 0) is 20.8 Å². The molecule has 1 atom stereocenters. The number of hydrogen-bond acceptors (Lipinski definition) is 6. The highest BCUT2D eigenvalue weighted by Gasteiger charge is 2.32. The summed E-state index contributed by atoms with van der Waals surface area (Å²) in [6.45, 7) is 3.25. The Kier molecular flexibility index (Phi) is 4.85. The van der Waals surface area contributed by atoms with Crippen molar-refractivity contribution in [3.63, 3.8) is 0 Å². The first kappa shape index (κ1) is 14.8. The van der Waals surface area contributed by atoms with Crippen LogP contribution in [-0.4, -0.2) is 40.9 Å². The van der Waals surface area contributed by atoms with Crippen molar-refractivity contribution in [3.8, 4) is 0 Å². The van der Waals surface area contributed by atoms with Crippen LogP contribution in [0, 0.1) is 5.41 Å². The molecule has 0 aliphatic carbocycles. The topological polar surface area (TPSA) is 119 Å². The minimum absolute atomic E-state index is 0.409. The third kappa shape index (κ3) is 4.13. The summed E-state index contributed by atoms with van der Waals surface area (Å²) in [5.74, 6) is -2.07. The minimum atomic E-state index is -1.64. The van der Waals surface area contributed by atoms with Crippen LogP contribution < -0.4 is 5.73 Å². The average molecular weight is 235 g/mol.